The van der Waals surface area contributed by atoms with Crippen LogP contribution < -0.4 is 0 Å². The standard InChI is InChI=1S/C24H20N4O3S/c1-30-26-20-13-21(22-25-23(31-27-22)19-11-12-32-15-19)28(14-20)24(29)18-9-7-17(8-10-18)16-5-3-2-4-6-16/h2-12,15,21H,13-14H2,1H3/b26-20+. The van der Waals surface area contributed by atoms with Gasteiger partial charge in [0.25, 0.3) is 11.8 Å². The Morgan fingerprint density at radius 3 is 2.59 bits per heavy atom. The number of rotatable bonds is 5. The van der Waals surface area contributed by atoms with Crippen molar-refractivity contribution in [1.82, 2.24) is 15.0 Å². The number of nitrogens with zero attached hydrogens (tertiary/aromatic N) is 4. The van der Waals surface area contributed by atoms with Crippen LogP contribution in [-0.2, 0) is 4.84 Å². The van der Waals surface area contributed by atoms with Crippen molar-refractivity contribution in [3.05, 3.63) is 82.8 Å². The van der Waals surface area contributed by atoms with Crippen LogP contribution in [-0.4, -0.2) is 40.3 Å². The Kier molecular flexibility index (Phi) is 5.51. The van der Waals surface area contributed by atoms with Crippen LogP contribution in [0.25, 0.3) is 22.6 Å². The molecule has 4 aromatic rings. The van der Waals surface area contributed by atoms with Crippen LogP contribution in [0, 0.1) is 0 Å². The average Bonchev–Trinajstić information content (AvgIpc) is 3.60. The molecule has 0 bridgehead atoms. The minimum Gasteiger partial charge on any atom is -0.399 e. The summed E-state index contributed by atoms with van der Waals surface area (Å²) < 4.78 is 5.45. The molecule has 0 aliphatic carbocycles. The predicted molar refractivity (Wildman–Crippen MR) is 122 cm³/mol. The van der Waals surface area contributed by atoms with Crippen molar-refractivity contribution in [1.29, 1.82) is 0 Å². The molecule has 0 radical (unpaired) electrons. The molecule has 0 spiro atoms. The van der Waals surface area contributed by atoms with Crippen LogP contribution in [0.15, 0.2) is 81.1 Å². The number of benzene rings is 2. The van der Waals surface area contributed by atoms with Gasteiger partial charge in [0.05, 0.1) is 17.8 Å². The summed E-state index contributed by atoms with van der Waals surface area (Å²) in [6.07, 6.45) is 0.490. The van der Waals surface area contributed by atoms with E-state index >= 15 is 0 Å². The summed E-state index contributed by atoms with van der Waals surface area (Å²) >= 11 is 1.56. The van der Waals surface area contributed by atoms with Gasteiger partial charge in [0.2, 0.25) is 0 Å². The van der Waals surface area contributed by atoms with E-state index < -0.39 is 0 Å². The molecule has 160 valence electrons. The molecular weight excluding hydrogens is 424 g/mol. The number of hydrogen-bond donors (Lipinski definition) is 0. The molecule has 0 N–H and O–H groups in total. The van der Waals surface area contributed by atoms with Crippen molar-refractivity contribution in [2.45, 2.75) is 12.5 Å². The average molecular weight is 445 g/mol. The Bertz CT molecular complexity index is 1230. The van der Waals surface area contributed by atoms with Crippen LogP contribution >= 0.6 is 11.3 Å². The Morgan fingerprint density at radius 1 is 1.09 bits per heavy atom. The maximum absolute atomic E-state index is 13.4. The fraction of sp³-hybridized carbons (Fsp3) is 0.167. The number of likely N-dealkylation sites (tertiary alicyclic amines) is 1. The molecule has 1 aliphatic heterocycles. The lowest BCUT2D eigenvalue weighted by Gasteiger charge is -2.21. The van der Waals surface area contributed by atoms with E-state index in [0.29, 0.717) is 30.2 Å². The molecule has 1 saturated heterocycles. The maximum atomic E-state index is 13.4. The first-order valence-electron chi connectivity index (χ1n) is 10.1. The third kappa shape index (κ3) is 3.92. The molecule has 1 amide bonds. The van der Waals surface area contributed by atoms with E-state index in [1.165, 1.54) is 7.11 Å². The van der Waals surface area contributed by atoms with E-state index in [2.05, 4.69) is 15.3 Å². The first-order valence-corrected chi connectivity index (χ1v) is 11.1. The maximum Gasteiger partial charge on any atom is 0.258 e. The van der Waals surface area contributed by atoms with Gasteiger partial charge in [0, 0.05) is 17.4 Å². The molecule has 5 rings (SSSR count). The Hall–Kier alpha value is -3.78. The molecule has 2 aromatic carbocycles. The van der Waals surface area contributed by atoms with Gasteiger partial charge in [0.1, 0.15) is 13.2 Å². The SMILES string of the molecule is CO/N=C1\CC(c2noc(-c3ccsc3)n2)N(C(=O)c2ccc(-c3ccccc3)cc2)C1. The molecule has 8 heteroatoms. The Morgan fingerprint density at radius 2 is 1.88 bits per heavy atom. The van der Waals surface area contributed by atoms with Crippen LogP contribution in [0.3, 0.4) is 0 Å². The minimum atomic E-state index is -0.374. The zero-order chi connectivity index (χ0) is 21.9. The second-order valence-corrected chi connectivity index (χ2v) is 8.19. The molecule has 32 heavy (non-hydrogen) atoms. The largest absolute Gasteiger partial charge is 0.399 e. The van der Waals surface area contributed by atoms with Gasteiger partial charge in [-0.2, -0.15) is 16.3 Å². The molecule has 1 unspecified atom stereocenters. The first-order chi connectivity index (χ1) is 15.7. The molecule has 7 nitrogen and oxygen atoms in total. The zero-order valence-electron chi connectivity index (χ0n) is 17.3. The summed E-state index contributed by atoms with van der Waals surface area (Å²) in [5, 5.41) is 12.1. The number of carbonyl (C=O) groups is 1. The van der Waals surface area contributed by atoms with Gasteiger partial charge in [-0.05, 0) is 34.7 Å². The number of carbonyl (C=O) groups excluding carboxylic acids is 1. The highest BCUT2D eigenvalue weighted by Crippen LogP contribution is 2.32. The highest BCUT2D eigenvalue weighted by Gasteiger charge is 2.38. The van der Waals surface area contributed by atoms with E-state index in [9.17, 15) is 4.79 Å². The van der Waals surface area contributed by atoms with Gasteiger partial charge < -0.3 is 14.3 Å². The quantitative estimate of drug-likeness (QED) is 0.402. The monoisotopic (exact) mass is 444 g/mol. The van der Waals surface area contributed by atoms with Crippen LogP contribution in [0.2, 0.25) is 0 Å². The number of aromatic nitrogens is 2. The van der Waals surface area contributed by atoms with E-state index in [1.54, 1.807) is 16.2 Å². The normalized spacial score (nSPS) is 17.1. The van der Waals surface area contributed by atoms with Gasteiger partial charge in [0.15, 0.2) is 5.82 Å². The summed E-state index contributed by atoms with van der Waals surface area (Å²) in [7, 11) is 1.50. The predicted octanol–water partition coefficient (Wildman–Crippen LogP) is 5.05. The van der Waals surface area contributed by atoms with Crippen molar-refractivity contribution in [3.63, 3.8) is 0 Å². The summed E-state index contributed by atoms with van der Waals surface area (Å²) in [6.45, 7) is 0.347. The molecular formula is C24H20N4O3S. The number of oxime groups is 1. The highest BCUT2D eigenvalue weighted by molar-refractivity contribution is 7.08. The smallest absolute Gasteiger partial charge is 0.258 e. The molecule has 2 aromatic heterocycles. The number of thiophene rings is 1. The lowest BCUT2D eigenvalue weighted by Crippen LogP contribution is -2.31. The second-order valence-electron chi connectivity index (χ2n) is 7.41. The van der Waals surface area contributed by atoms with E-state index in [1.807, 2.05) is 71.4 Å². The lowest BCUT2D eigenvalue weighted by atomic mass is 10.0. The second kappa shape index (κ2) is 8.76. The lowest BCUT2D eigenvalue weighted by molar-refractivity contribution is 0.0732. The Balaban J connectivity index is 1.42. The number of hydrogen-bond acceptors (Lipinski definition) is 7. The minimum absolute atomic E-state index is 0.113. The van der Waals surface area contributed by atoms with Gasteiger partial charge >= 0.3 is 0 Å². The molecule has 3 heterocycles. The fourth-order valence-electron chi connectivity index (χ4n) is 3.82. The summed E-state index contributed by atoms with van der Waals surface area (Å²) in [4.78, 5) is 24.6. The van der Waals surface area contributed by atoms with Crippen LogP contribution in [0.5, 0.6) is 0 Å². The van der Waals surface area contributed by atoms with Crippen molar-refractivity contribution in [3.8, 4) is 22.6 Å². The Labute approximate surface area is 188 Å². The summed E-state index contributed by atoms with van der Waals surface area (Å²) in [5.41, 5.74) is 4.38. The number of amides is 1. The van der Waals surface area contributed by atoms with E-state index in [-0.39, 0.29) is 11.9 Å². The van der Waals surface area contributed by atoms with Crippen LogP contribution in [0.1, 0.15) is 28.6 Å². The van der Waals surface area contributed by atoms with E-state index in [4.69, 9.17) is 9.36 Å². The first kappa shape index (κ1) is 20.1. The van der Waals surface area contributed by atoms with Gasteiger partial charge in [-0.3, -0.25) is 4.79 Å². The molecule has 1 aliphatic rings. The molecule has 1 atom stereocenters. The molecule has 1 fully saturated rings. The van der Waals surface area contributed by atoms with Crippen molar-refractivity contribution >= 4 is 23.0 Å². The third-order valence-corrected chi connectivity index (χ3v) is 6.07. The van der Waals surface area contributed by atoms with Gasteiger partial charge in [-0.1, -0.05) is 52.8 Å². The van der Waals surface area contributed by atoms with Crippen molar-refractivity contribution in [2.75, 3.05) is 13.7 Å². The van der Waals surface area contributed by atoms with Crippen LogP contribution in [0.4, 0.5) is 0 Å². The zero-order valence-corrected chi connectivity index (χ0v) is 18.2. The van der Waals surface area contributed by atoms with Crippen molar-refractivity contribution in [2.24, 2.45) is 5.16 Å². The third-order valence-electron chi connectivity index (χ3n) is 5.39. The molecule has 0 saturated carbocycles. The summed E-state index contributed by atoms with van der Waals surface area (Å²) in [6, 6.07) is 19.2. The summed E-state index contributed by atoms with van der Waals surface area (Å²) in [5.74, 6) is 0.789. The highest BCUT2D eigenvalue weighted by atomic mass is 32.1. The fourth-order valence-corrected chi connectivity index (χ4v) is 4.45. The van der Waals surface area contributed by atoms with Gasteiger partial charge in [-0.15, -0.1) is 0 Å². The van der Waals surface area contributed by atoms with Crippen molar-refractivity contribution < 1.29 is 14.2 Å². The topological polar surface area (TPSA) is 80.8 Å². The van der Waals surface area contributed by atoms with Gasteiger partial charge in [-0.25, -0.2) is 0 Å². The van der Waals surface area contributed by atoms with E-state index in [0.717, 1.165) is 22.4 Å².